The maximum atomic E-state index is 11.3. The van der Waals surface area contributed by atoms with E-state index in [1.807, 2.05) is 0 Å². The van der Waals surface area contributed by atoms with Crippen molar-refractivity contribution in [3.8, 4) is 6.07 Å². The smallest absolute Gasteiger partial charge is 0.276 e. The number of carbonyl (C=O) groups is 1. The third-order valence-corrected chi connectivity index (χ3v) is 2.03. The van der Waals surface area contributed by atoms with E-state index in [1.165, 1.54) is 31.3 Å². The van der Waals surface area contributed by atoms with Crippen molar-refractivity contribution in [2.75, 3.05) is 7.05 Å². The first-order valence-electron chi connectivity index (χ1n) is 4.67. The Hall–Kier alpha value is -2.68. The molecule has 0 aliphatic carbocycles. The van der Waals surface area contributed by atoms with Crippen LogP contribution in [0.1, 0.15) is 5.56 Å². The molecular weight excluding hydrogens is 222 g/mol. The van der Waals surface area contributed by atoms with Gasteiger partial charge in [0.05, 0.1) is 10.5 Å². The highest BCUT2D eigenvalue weighted by atomic mass is 16.6. The number of hydrogen-bond acceptors (Lipinski definition) is 4. The summed E-state index contributed by atoms with van der Waals surface area (Å²) in [6.45, 7) is 0. The molecule has 17 heavy (non-hydrogen) atoms. The molecule has 0 fully saturated rings. The zero-order valence-electron chi connectivity index (χ0n) is 9.01. The second-order valence-electron chi connectivity index (χ2n) is 3.06. The largest absolute Gasteiger partial charge is 0.354 e. The van der Waals surface area contributed by atoms with Gasteiger partial charge in [-0.1, -0.05) is 12.1 Å². The molecule has 6 heteroatoms. The predicted molar refractivity (Wildman–Crippen MR) is 60.8 cm³/mol. The molecule has 0 aliphatic heterocycles. The number of para-hydroxylation sites is 1. The van der Waals surface area contributed by atoms with Gasteiger partial charge in [-0.05, 0) is 12.1 Å². The zero-order chi connectivity index (χ0) is 12.8. The predicted octanol–water partition coefficient (Wildman–Crippen LogP) is 1.25. The second kappa shape index (κ2) is 5.42. The third-order valence-electron chi connectivity index (χ3n) is 2.03. The molecule has 1 amide bonds. The number of benzene rings is 1. The number of rotatable bonds is 3. The van der Waals surface area contributed by atoms with Gasteiger partial charge in [0.2, 0.25) is 0 Å². The number of nitro groups is 1. The van der Waals surface area contributed by atoms with E-state index in [-0.39, 0.29) is 16.8 Å². The van der Waals surface area contributed by atoms with E-state index in [2.05, 4.69) is 5.32 Å². The maximum absolute atomic E-state index is 11.3. The summed E-state index contributed by atoms with van der Waals surface area (Å²) in [5.41, 5.74) is -0.108. The van der Waals surface area contributed by atoms with E-state index in [1.54, 1.807) is 12.1 Å². The maximum Gasteiger partial charge on any atom is 0.276 e. The molecule has 0 aromatic heterocycles. The van der Waals surface area contributed by atoms with E-state index >= 15 is 0 Å². The first-order chi connectivity index (χ1) is 8.10. The average molecular weight is 231 g/mol. The van der Waals surface area contributed by atoms with Gasteiger partial charge < -0.3 is 5.32 Å². The molecule has 1 aromatic carbocycles. The molecule has 0 saturated heterocycles. The molecule has 0 aliphatic rings. The highest BCUT2D eigenvalue weighted by molar-refractivity contribution is 6.01. The molecular formula is C11H9N3O3. The first-order valence-corrected chi connectivity index (χ1v) is 4.67. The molecule has 1 rings (SSSR count). The van der Waals surface area contributed by atoms with Crippen molar-refractivity contribution in [2.45, 2.75) is 0 Å². The number of carbonyl (C=O) groups excluding carboxylic acids is 1. The molecule has 1 aromatic rings. The minimum atomic E-state index is -0.578. The van der Waals surface area contributed by atoms with Gasteiger partial charge in [0, 0.05) is 13.1 Å². The Morgan fingerprint density at radius 1 is 1.53 bits per heavy atom. The van der Waals surface area contributed by atoms with Gasteiger partial charge in [-0.15, -0.1) is 0 Å². The summed E-state index contributed by atoms with van der Waals surface area (Å²) in [5.74, 6) is -0.578. The van der Waals surface area contributed by atoms with Crippen LogP contribution in [0.2, 0.25) is 0 Å². The topological polar surface area (TPSA) is 96.0 Å². The Kier molecular flexibility index (Phi) is 3.95. The van der Waals surface area contributed by atoms with Crippen molar-refractivity contribution < 1.29 is 9.72 Å². The van der Waals surface area contributed by atoms with E-state index in [4.69, 9.17) is 5.26 Å². The third kappa shape index (κ3) is 2.89. The first kappa shape index (κ1) is 12.4. The molecule has 0 saturated carbocycles. The highest BCUT2D eigenvalue weighted by Gasteiger charge is 2.13. The van der Waals surface area contributed by atoms with Gasteiger partial charge >= 0.3 is 0 Å². The van der Waals surface area contributed by atoms with Crippen molar-refractivity contribution in [3.63, 3.8) is 0 Å². The van der Waals surface area contributed by atoms with Crippen LogP contribution in [-0.2, 0) is 4.79 Å². The number of nitro benzene ring substituents is 1. The van der Waals surface area contributed by atoms with Crippen LogP contribution in [0, 0.1) is 21.4 Å². The van der Waals surface area contributed by atoms with Crippen molar-refractivity contribution in [1.82, 2.24) is 5.32 Å². The number of amides is 1. The second-order valence-corrected chi connectivity index (χ2v) is 3.06. The van der Waals surface area contributed by atoms with Gasteiger partial charge in [0.25, 0.3) is 11.6 Å². The van der Waals surface area contributed by atoms with Crippen molar-refractivity contribution >= 4 is 17.7 Å². The minimum Gasteiger partial charge on any atom is -0.354 e. The number of nitrogens with one attached hydrogen (secondary N) is 1. The van der Waals surface area contributed by atoms with E-state index in [9.17, 15) is 14.9 Å². The lowest BCUT2D eigenvalue weighted by Crippen LogP contribution is -2.19. The summed E-state index contributed by atoms with van der Waals surface area (Å²) in [6, 6.07) is 7.58. The standard InChI is InChI=1S/C11H9N3O3/c1-13-11(15)9(7-12)6-8-4-2-3-5-10(8)14(16)17/h2-6H,1H3,(H,13,15)/b9-6-. The van der Waals surface area contributed by atoms with Crippen LogP contribution in [0.3, 0.4) is 0 Å². The number of likely N-dealkylation sites (N-methyl/N-ethyl adjacent to an activating group) is 1. The fourth-order valence-electron chi connectivity index (χ4n) is 1.21. The molecule has 0 heterocycles. The quantitative estimate of drug-likeness (QED) is 0.366. The van der Waals surface area contributed by atoms with Gasteiger partial charge in [-0.3, -0.25) is 14.9 Å². The van der Waals surface area contributed by atoms with Crippen LogP contribution >= 0.6 is 0 Å². The highest BCUT2D eigenvalue weighted by Crippen LogP contribution is 2.20. The van der Waals surface area contributed by atoms with Crippen molar-refractivity contribution in [1.29, 1.82) is 5.26 Å². The summed E-state index contributed by atoms with van der Waals surface area (Å²) < 4.78 is 0. The molecule has 0 bridgehead atoms. The summed E-state index contributed by atoms with van der Waals surface area (Å²) in [6.07, 6.45) is 1.19. The molecule has 6 nitrogen and oxygen atoms in total. The minimum absolute atomic E-state index is 0.149. The lowest BCUT2D eigenvalue weighted by atomic mass is 10.1. The van der Waals surface area contributed by atoms with Crippen LogP contribution in [-0.4, -0.2) is 17.9 Å². The summed E-state index contributed by atoms with van der Waals surface area (Å²) in [5, 5.41) is 21.8. The van der Waals surface area contributed by atoms with Crippen LogP contribution < -0.4 is 5.32 Å². The van der Waals surface area contributed by atoms with Crippen LogP contribution in [0.5, 0.6) is 0 Å². The monoisotopic (exact) mass is 231 g/mol. The van der Waals surface area contributed by atoms with E-state index < -0.39 is 10.8 Å². The normalized spacial score (nSPS) is 10.5. The molecule has 86 valence electrons. The molecule has 0 atom stereocenters. The van der Waals surface area contributed by atoms with Gasteiger partial charge in [0.1, 0.15) is 11.6 Å². The van der Waals surface area contributed by atoms with Crippen molar-refractivity contribution in [3.05, 3.63) is 45.5 Å². The Balaban J connectivity index is 3.26. The molecule has 0 spiro atoms. The molecule has 0 radical (unpaired) electrons. The van der Waals surface area contributed by atoms with Crippen LogP contribution in [0.4, 0.5) is 5.69 Å². The van der Waals surface area contributed by atoms with Crippen molar-refractivity contribution in [2.24, 2.45) is 0 Å². The van der Waals surface area contributed by atoms with E-state index in [0.29, 0.717) is 0 Å². The Morgan fingerprint density at radius 3 is 2.71 bits per heavy atom. The Labute approximate surface area is 97.3 Å². The lowest BCUT2D eigenvalue weighted by Gasteiger charge is -1.99. The summed E-state index contributed by atoms with van der Waals surface area (Å²) in [7, 11) is 1.38. The number of nitriles is 1. The van der Waals surface area contributed by atoms with Gasteiger partial charge in [-0.2, -0.15) is 5.26 Å². The summed E-state index contributed by atoms with van der Waals surface area (Å²) >= 11 is 0. The zero-order valence-corrected chi connectivity index (χ0v) is 9.01. The Morgan fingerprint density at radius 2 is 2.18 bits per heavy atom. The van der Waals surface area contributed by atoms with Gasteiger partial charge in [0.15, 0.2) is 0 Å². The molecule has 0 unspecified atom stereocenters. The fraction of sp³-hybridized carbons (Fsp3) is 0.0909. The van der Waals surface area contributed by atoms with E-state index in [0.717, 1.165) is 0 Å². The SMILES string of the molecule is CNC(=O)/C(C#N)=C\c1ccccc1[N+](=O)[O-]. The van der Waals surface area contributed by atoms with Crippen LogP contribution in [0.25, 0.3) is 6.08 Å². The summed E-state index contributed by atoms with van der Waals surface area (Å²) in [4.78, 5) is 21.4. The average Bonchev–Trinajstić information content (AvgIpc) is 2.35. The fourth-order valence-corrected chi connectivity index (χ4v) is 1.21. The Bertz CT molecular complexity index is 529. The van der Waals surface area contributed by atoms with Gasteiger partial charge in [-0.25, -0.2) is 0 Å². The molecule has 1 N–H and O–H groups in total. The number of nitrogens with zero attached hydrogens (tertiary/aromatic N) is 2. The van der Waals surface area contributed by atoms with Crippen LogP contribution in [0.15, 0.2) is 29.8 Å². The number of hydrogen-bond donors (Lipinski definition) is 1. The lowest BCUT2D eigenvalue weighted by molar-refractivity contribution is -0.385.